The van der Waals surface area contributed by atoms with E-state index in [0.29, 0.717) is 30.7 Å². The normalized spacial score (nSPS) is 32.6. The van der Waals surface area contributed by atoms with Gasteiger partial charge in [-0.2, -0.15) is 0 Å². The summed E-state index contributed by atoms with van der Waals surface area (Å²) in [5.41, 5.74) is 3.88. The van der Waals surface area contributed by atoms with Crippen LogP contribution in [0.3, 0.4) is 0 Å². The van der Waals surface area contributed by atoms with Crippen molar-refractivity contribution in [1.29, 1.82) is 0 Å². The highest BCUT2D eigenvalue weighted by molar-refractivity contribution is 7.11. The van der Waals surface area contributed by atoms with Crippen LogP contribution in [0.25, 0.3) is 0 Å². The quantitative estimate of drug-likeness (QED) is 0.780. The number of piperidine rings is 3. The van der Waals surface area contributed by atoms with Crippen LogP contribution >= 0.6 is 11.3 Å². The molecule has 7 heteroatoms. The van der Waals surface area contributed by atoms with Crippen LogP contribution in [0, 0.1) is 12.8 Å². The SMILES string of the molecule is Cc1ncsc1C(=O)N1C[C@H](c2ccc3c(c2)OCO3)[C@H]2[C@@H]1C1CCN2CC1. The predicted octanol–water partition coefficient (Wildman–Crippen LogP) is 2.88. The molecule has 5 aliphatic rings. The number of fused-ring (bicyclic) bond motifs is 3. The summed E-state index contributed by atoms with van der Waals surface area (Å²) in [5, 5.41) is 0. The zero-order chi connectivity index (χ0) is 18.8. The maximum Gasteiger partial charge on any atom is 0.266 e. The first-order valence-electron chi connectivity index (χ1n) is 10.1. The van der Waals surface area contributed by atoms with Crippen molar-refractivity contribution in [3.05, 3.63) is 39.8 Å². The number of thiazole rings is 1. The molecule has 4 saturated heterocycles. The molecule has 1 aromatic carbocycles. The topological polar surface area (TPSA) is 54.9 Å². The van der Waals surface area contributed by atoms with Crippen LogP contribution in [0.5, 0.6) is 11.5 Å². The smallest absolute Gasteiger partial charge is 0.266 e. The summed E-state index contributed by atoms with van der Waals surface area (Å²) in [6.07, 6.45) is 2.39. The number of hydrogen-bond acceptors (Lipinski definition) is 6. The molecule has 2 aromatic rings. The Labute approximate surface area is 168 Å². The van der Waals surface area contributed by atoms with E-state index in [1.807, 2.05) is 13.0 Å². The number of carbonyl (C=O) groups excluding carboxylic acids is 1. The minimum absolute atomic E-state index is 0.159. The van der Waals surface area contributed by atoms with E-state index in [1.165, 1.54) is 29.7 Å². The highest BCUT2D eigenvalue weighted by Gasteiger charge is 2.55. The van der Waals surface area contributed by atoms with Crippen molar-refractivity contribution in [2.75, 3.05) is 26.4 Å². The molecule has 4 fully saturated rings. The van der Waals surface area contributed by atoms with Gasteiger partial charge in [0.2, 0.25) is 6.79 Å². The average Bonchev–Trinajstić information content (AvgIpc) is 3.46. The Bertz CT molecular complexity index is 937. The average molecular weight is 398 g/mol. The number of rotatable bonds is 2. The third-order valence-corrected chi connectivity index (χ3v) is 7.94. The van der Waals surface area contributed by atoms with Crippen LogP contribution in [0.4, 0.5) is 0 Å². The molecule has 0 radical (unpaired) electrons. The predicted molar refractivity (Wildman–Crippen MR) is 105 cm³/mol. The van der Waals surface area contributed by atoms with Crippen molar-refractivity contribution >= 4 is 17.2 Å². The molecule has 146 valence electrons. The van der Waals surface area contributed by atoms with E-state index in [1.54, 1.807) is 5.51 Å². The van der Waals surface area contributed by atoms with Crippen molar-refractivity contribution in [2.45, 2.75) is 37.8 Å². The highest BCUT2D eigenvalue weighted by atomic mass is 32.1. The first kappa shape index (κ1) is 16.8. The second kappa shape index (κ2) is 6.19. The highest BCUT2D eigenvalue weighted by Crippen LogP contribution is 2.48. The molecule has 2 bridgehead atoms. The molecule has 5 aliphatic heterocycles. The van der Waals surface area contributed by atoms with E-state index >= 15 is 0 Å². The van der Waals surface area contributed by atoms with E-state index in [4.69, 9.17) is 9.47 Å². The number of benzene rings is 1. The van der Waals surface area contributed by atoms with Gasteiger partial charge < -0.3 is 14.4 Å². The largest absolute Gasteiger partial charge is 0.454 e. The molecule has 1 amide bonds. The molecular weight excluding hydrogens is 374 g/mol. The van der Waals surface area contributed by atoms with Crippen LogP contribution in [-0.2, 0) is 0 Å². The Balaban J connectivity index is 1.39. The van der Waals surface area contributed by atoms with Crippen molar-refractivity contribution in [2.24, 2.45) is 5.92 Å². The summed E-state index contributed by atoms with van der Waals surface area (Å²) >= 11 is 1.46. The molecule has 7 rings (SSSR count). The van der Waals surface area contributed by atoms with Crippen LogP contribution in [0.15, 0.2) is 23.7 Å². The summed E-state index contributed by atoms with van der Waals surface area (Å²) in [5.74, 6) is 2.71. The molecule has 1 aromatic heterocycles. The second-order valence-corrected chi connectivity index (χ2v) is 9.15. The Morgan fingerprint density at radius 3 is 2.79 bits per heavy atom. The molecule has 0 N–H and O–H groups in total. The third kappa shape index (κ3) is 2.35. The van der Waals surface area contributed by atoms with Gasteiger partial charge in [0, 0.05) is 18.5 Å². The van der Waals surface area contributed by atoms with Crippen LogP contribution in [0.1, 0.15) is 39.7 Å². The van der Waals surface area contributed by atoms with E-state index in [9.17, 15) is 4.79 Å². The summed E-state index contributed by atoms with van der Waals surface area (Å²) < 4.78 is 11.1. The Hall–Kier alpha value is -2.12. The number of hydrogen-bond donors (Lipinski definition) is 0. The van der Waals surface area contributed by atoms with E-state index in [0.717, 1.165) is 41.7 Å². The van der Waals surface area contributed by atoms with E-state index < -0.39 is 0 Å². The maximum atomic E-state index is 13.5. The number of carbonyl (C=O) groups is 1. The van der Waals surface area contributed by atoms with Crippen LogP contribution in [-0.4, -0.2) is 59.2 Å². The molecule has 0 saturated carbocycles. The van der Waals surface area contributed by atoms with E-state index in [2.05, 4.69) is 26.9 Å². The number of aromatic nitrogens is 1. The number of nitrogens with zero attached hydrogens (tertiary/aromatic N) is 3. The van der Waals surface area contributed by atoms with Crippen LogP contribution < -0.4 is 9.47 Å². The number of amides is 1. The fraction of sp³-hybridized carbons (Fsp3) is 0.524. The summed E-state index contributed by atoms with van der Waals surface area (Å²) in [6, 6.07) is 6.99. The van der Waals surface area contributed by atoms with Gasteiger partial charge in [0.15, 0.2) is 11.5 Å². The Morgan fingerprint density at radius 1 is 1.18 bits per heavy atom. The molecule has 6 nitrogen and oxygen atoms in total. The van der Waals surface area contributed by atoms with Crippen molar-refractivity contribution in [3.8, 4) is 11.5 Å². The molecule has 0 aliphatic carbocycles. The monoisotopic (exact) mass is 397 g/mol. The van der Waals surface area contributed by atoms with Gasteiger partial charge in [0.05, 0.1) is 17.2 Å². The van der Waals surface area contributed by atoms with Gasteiger partial charge in [0.1, 0.15) is 4.88 Å². The van der Waals surface area contributed by atoms with Gasteiger partial charge in [-0.3, -0.25) is 9.69 Å². The lowest BCUT2D eigenvalue weighted by Gasteiger charge is -2.51. The lowest BCUT2D eigenvalue weighted by Crippen LogP contribution is -2.60. The minimum atomic E-state index is 0.159. The summed E-state index contributed by atoms with van der Waals surface area (Å²) in [7, 11) is 0. The van der Waals surface area contributed by atoms with Gasteiger partial charge in [-0.05, 0) is 56.5 Å². The number of ether oxygens (including phenoxy) is 2. The molecule has 6 heterocycles. The number of aryl methyl sites for hydroxylation is 1. The van der Waals surface area contributed by atoms with Crippen molar-refractivity contribution in [3.63, 3.8) is 0 Å². The van der Waals surface area contributed by atoms with Gasteiger partial charge in [-0.15, -0.1) is 11.3 Å². The fourth-order valence-corrected chi connectivity index (χ4v) is 6.49. The van der Waals surface area contributed by atoms with Gasteiger partial charge >= 0.3 is 0 Å². The first-order chi connectivity index (χ1) is 13.7. The van der Waals surface area contributed by atoms with Crippen molar-refractivity contribution in [1.82, 2.24) is 14.8 Å². The van der Waals surface area contributed by atoms with Gasteiger partial charge in [0.25, 0.3) is 5.91 Å². The lowest BCUT2D eigenvalue weighted by molar-refractivity contribution is -0.00329. The fourth-order valence-electron chi connectivity index (χ4n) is 5.73. The Morgan fingerprint density at radius 2 is 2.00 bits per heavy atom. The van der Waals surface area contributed by atoms with Gasteiger partial charge in [-0.1, -0.05) is 6.07 Å². The minimum Gasteiger partial charge on any atom is -0.454 e. The maximum absolute atomic E-state index is 13.5. The molecule has 0 spiro atoms. The zero-order valence-electron chi connectivity index (χ0n) is 15.8. The standard InChI is InChI=1S/C21H23N3O3S/c1-12-20(28-10-22-12)21(25)24-9-15(14-2-3-16-17(8-14)27-11-26-16)19-18(24)13-4-6-23(19)7-5-13/h2-3,8,10,13,15,18-19H,4-7,9,11H2,1H3/t15-,18+,19+/m1/s1. The molecule has 28 heavy (non-hydrogen) atoms. The Kier molecular flexibility index (Phi) is 3.71. The first-order valence-corrected chi connectivity index (χ1v) is 10.9. The molecule has 3 atom stereocenters. The molecular formula is C21H23N3O3S. The van der Waals surface area contributed by atoms with Gasteiger partial charge in [-0.25, -0.2) is 4.98 Å². The molecule has 0 unspecified atom stereocenters. The second-order valence-electron chi connectivity index (χ2n) is 8.30. The third-order valence-electron chi connectivity index (χ3n) is 7.02. The zero-order valence-corrected chi connectivity index (χ0v) is 16.7. The summed E-state index contributed by atoms with van der Waals surface area (Å²) in [6.45, 7) is 5.28. The number of likely N-dealkylation sites (tertiary alicyclic amines) is 1. The van der Waals surface area contributed by atoms with Crippen LogP contribution in [0.2, 0.25) is 0 Å². The lowest BCUT2D eigenvalue weighted by atomic mass is 9.75. The summed E-state index contributed by atoms with van der Waals surface area (Å²) in [4.78, 5) is 23.3. The van der Waals surface area contributed by atoms with Crippen molar-refractivity contribution < 1.29 is 14.3 Å². The van der Waals surface area contributed by atoms with E-state index in [-0.39, 0.29) is 5.91 Å².